The van der Waals surface area contributed by atoms with E-state index in [4.69, 9.17) is 9.84 Å². The van der Waals surface area contributed by atoms with Gasteiger partial charge in [-0.3, -0.25) is 0 Å². The largest absolute Gasteiger partial charge is 0.489 e. The fourth-order valence-corrected chi connectivity index (χ4v) is 2.10. The van der Waals surface area contributed by atoms with Crippen molar-refractivity contribution < 1.29 is 14.6 Å². The molecular weight excluding hydrogens is 308 g/mol. The normalized spacial score (nSPS) is 11.7. The topological polar surface area (TPSA) is 46.5 Å². The molecule has 19 heavy (non-hydrogen) atoms. The number of hydrogen-bond acceptors (Lipinski definition) is 2. The summed E-state index contributed by atoms with van der Waals surface area (Å²) >= 11 is 3.44. The molecule has 0 saturated carbocycles. The fourth-order valence-electron chi connectivity index (χ4n) is 1.72. The Morgan fingerprint density at radius 1 is 1.47 bits per heavy atom. The van der Waals surface area contributed by atoms with Gasteiger partial charge < -0.3 is 9.84 Å². The van der Waals surface area contributed by atoms with E-state index in [1.165, 1.54) is 0 Å². The number of hydrogen-bond donors (Lipinski definition) is 1. The van der Waals surface area contributed by atoms with E-state index in [1.54, 1.807) is 6.08 Å². The van der Waals surface area contributed by atoms with Crippen molar-refractivity contribution in [3.05, 3.63) is 39.9 Å². The van der Waals surface area contributed by atoms with E-state index in [9.17, 15) is 4.79 Å². The molecule has 1 N–H and O–H groups in total. The van der Waals surface area contributed by atoms with Crippen LogP contribution in [0, 0.1) is 0 Å². The first-order valence-electron chi connectivity index (χ1n) is 6.30. The van der Waals surface area contributed by atoms with Gasteiger partial charge in [0.25, 0.3) is 0 Å². The van der Waals surface area contributed by atoms with E-state index < -0.39 is 5.97 Å². The Labute approximate surface area is 122 Å². The Balaban J connectivity index is 2.81. The average molecular weight is 327 g/mol. The molecule has 0 amide bonds. The molecule has 0 aliphatic heterocycles. The molecule has 0 radical (unpaired) electrons. The second-order valence-electron chi connectivity index (χ2n) is 4.54. The monoisotopic (exact) mass is 326 g/mol. The first-order chi connectivity index (χ1) is 8.95. The van der Waals surface area contributed by atoms with Gasteiger partial charge in [0.05, 0.1) is 0 Å². The second kappa shape index (κ2) is 7.34. The van der Waals surface area contributed by atoms with Gasteiger partial charge in [0.2, 0.25) is 0 Å². The van der Waals surface area contributed by atoms with Crippen molar-refractivity contribution in [3.8, 4) is 5.75 Å². The summed E-state index contributed by atoms with van der Waals surface area (Å²) in [6.07, 6.45) is 2.12. The second-order valence-corrected chi connectivity index (χ2v) is 5.45. The lowest BCUT2D eigenvalue weighted by molar-refractivity contribution is -0.132. The van der Waals surface area contributed by atoms with Crippen LogP contribution in [0.25, 0.3) is 0 Å². The highest BCUT2D eigenvalue weighted by atomic mass is 79.9. The van der Waals surface area contributed by atoms with Crippen molar-refractivity contribution in [1.29, 1.82) is 0 Å². The van der Waals surface area contributed by atoms with Crippen LogP contribution in [-0.2, 0) is 4.79 Å². The first-order valence-corrected chi connectivity index (χ1v) is 7.09. The van der Waals surface area contributed by atoms with Gasteiger partial charge in [0.1, 0.15) is 12.4 Å². The van der Waals surface area contributed by atoms with Crippen LogP contribution >= 0.6 is 15.9 Å². The molecule has 0 spiro atoms. The van der Waals surface area contributed by atoms with Crippen molar-refractivity contribution in [3.63, 3.8) is 0 Å². The van der Waals surface area contributed by atoms with Crippen LogP contribution in [0.3, 0.4) is 0 Å². The van der Waals surface area contributed by atoms with Gasteiger partial charge in [0, 0.05) is 10.0 Å². The summed E-state index contributed by atoms with van der Waals surface area (Å²) in [5.41, 5.74) is 1.49. The zero-order chi connectivity index (χ0) is 14.4. The Kier molecular flexibility index (Phi) is 6.09. The number of rotatable bonds is 6. The molecule has 0 bridgehead atoms. The number of halogens is 1. The standard InChI is InChI=1S/C15H19BrO3/c1-4-11(15(17)18)7-8-19-14-6-5-12(16)9-13(14)10(2)3/h5-7,9-10H,4,8H2,1-3H3,(H,17,18)/b11-7-. The third-order valence-electron chi connectivity index (χ3n) is 2.82. The number of carbonyl (C=O) groups is 1. The number of ether oxygens (including phenoxy) is 1. The minimum absolute atomic E-state index is 0.275. The molecule has 1 aromatic carbocycles. The maximum atomic E-state index is 10.9. The fraction of sp³-hybridized carbons (Fsp3) is 0.400. The van der Waals surface area contributed by atoms with Crippen LogP contribution in [0.4, 0.5) is 0 Å². The Hall–Kier alpha value is -1.29. The van der Waals surface area contributed by atoms with Crippen molar-refractivity contribution in [2.75, 3.05) is 6.61 Å². The lowest BCUT2D eigenvalue weighted by atomic mass is 10.0. The third kappa shape index (κ3) is 4.71. The molecule has 0 aliphatic rings. The summed E-state index contributed by atoms with van der Waals surface area (Å²) in [6, 6.07) is 5.85. The van der Waals surface area contributed by atoms with Crippen LogP contribution in [0.2, 0.25) is 0 Å². The number of carboxylic acids is 1. The lowest BCUT2D eigenvalue weighted by Crippen LogP contribution is -2.04. The SMILES string of the molecule is CC/C(=C/COc1ccc(Br)cc1C(C)C)C(=O)O. The van der Waals surface area contributed by atoms with Gasteiger partial charge in [-0.05, 0) is 42.2 Å². The molecule has 104 valence electrons. The molecule has 0 unspecified atom stereocenters. The van der Waals surface area contributed by atoms with Gasteiger partial charge >= 0.3 is 5.97 Å². The molecule has 0 fully saturated rings. The summed E-state index contributed by atoms with van der Waals surface area (Å²) in [4.78, 5) is 10.9. The zero-order valence-electron chi connectivity index (χ0n) is 11.4. The van der Waals surface area contributed by atoms with Gasteiger partial charge in [-0.25, -0.2) is 4.79 Å². The average Bonchev–Trinajstić information content (AvgIpc) is 2.35. The third-order valence-corrected chi connectivity index (χ3v) is 3.31. The van der Waals surface area contributed by atoms with Crippen molar-refractivity contribution in [1.82, 2.24) is 0 Å². The number of aliphatic carboxylic acids is 1. The van der Waals surface area contributed by atoms with Crippen LogP contribution < -0.4 is 4.74 Å². The van der Waals surface area contributed by atoms with Crippen molar-refractivity contribution >= 4 is 21.9 Å². The molecule has 0 saturated heterocycles. The molecule has 0 aliphatic carbocycles. The number of benzene rings is 1. The molecule has 3 nitrogen and oxygen atoms in total. The van der Waals surface area contributed by atoms with Gasteiger partial charge in [0.15, 0.2) is 0 Å². The predicted octanol–water partition coefficient (Wildman–Crippen LogP) is 4.37. The molecule has 1 aromatic rings. The van der Waals surface area contributed by atoms with Crippen molar-refractivity contribution in [2.24, 2.45) is 0 Å². The summed E-state index contributed by atoms with van der Waals surface area (Å²) in [5.74, 6) is 0.267. The van der Waals surface area contributed by atoms with Gasteiger partial charge in [-0.2, -0.15) is 0 Å². The maximum Gasteiger partial charge on any atom is 0.331 e. The maximum absolute atomic E-state index is 10.9. The predicted molar refractivity (Wildman–Crippen MR) is 79.7 cm³/mol. The molecular formula is C15H19BrO3. The van der Waals surface area contributed by atoms with E-state index in [-0.39, 0.29) is 6.61 Å². The highest BCUT2D eigenvalue weighted by molar-refractivity contribution is 9.10. The van der Waals surface area contributed by atoms with Crippen LogP contribution in [0.15, 0.2) is 34.3 Å². The van der Waals surface area contributed by atoms with Gasteiger partial charge in [-0.1, -0.05) is 36.7 Å². The molecule has 0 atom stereocenters. The summed E-state index contributed by atoms with van der Waals surface area (Å²) < 4.78 is 6.69. The zero-order valence-corrected chi connectivity index (χ0v) is 13.0. The first kappa shape index (κ1) is 15.8. The Morgan fingerprint density at radius 2 is 2.16 bits per heavy atom. The van der Waals surface area contributed by atoms with E-state index in [0.717, 1.165) is 15.8 Å². The van der Waals surface area contributed by atoms with Crippen molar-refractivity contribution in [2.45, 2.75) is 33.1 Å². The van der Waals surface area contributed by atoms with E-state index >= 15 is 0 Å². The van der Waals surface area contributed by atoms with Crippen LogP contribution in [0.1, 0.15) is 38.7 Å². The molecule has 0 heterocycles. The van der Waals surface area contributed by atoms with Crippen LogP contribution in [0.5, 0.6) is 5.75 Å². The molecule has 1 rings (SSSR count). The molecule has 4 heteroatoms. The number of carboxylic acid groups (broad SMARTS) is 1. The highest BCUT2D eigenvalue weighted by Gasteiger charge is 2.09. The lowest BCUT2D eigenvalue weighted by Gasteiger charge is -2.13. The van der Waals surface area contributed by atoms with E-state index in [1.807, 2.05) is 25.1 Å². The minimum Gasteiger partial charge on any atom is -0.489 e. The highest BCUT2D eigenvalue weighted by Crippen LogP contribution is 2.29. The van der Waals surface area contributed by atoms with Gasteiger partial charge in [-0.15, -0.1) is 0 Å². The Morgan fingerprint density at radius 3 is 2.68 bits per heavy atom. The Bertz CT molecular complexity index is 478. The minimum atomic E-state index is -0.883. The smallest absolute Gasteiger partial charge is 0.331 e. The summed E-state index contributed by atoms with van der Waals surface area (Å²) in [7, 11) is 0. The molecule has 0 aromatic heterocycles. The quantitative estimate of drug-likeness (QED) is 0.789. The van der Waals surface area contributed by atoms with E-state index in [0.29, 0.717) is 17.9 Å². The van der Waals surface area contributed by atoms with E-state index in [2.05, 4.69) is 29.8 Å². The van der Waals surface area contributed by atoms with Crippen LogP contribution in [-0.4, -0.2) is 17.7 Å². The summed E-state index contributed by atoms with van der Waals surface area (Å²) in [6.45, 7) is 6.29. The summed E-state index contributed by atoms with van der Waals surface area (Å²) in [5, 5.41) is 8.92.